The van der Waals surface area contributed by atoms with Gasteiger partial charge in [-0.25, -0.2) is 0 Å². The number of likely N-dealkylation sites (N-methyl/N-ethyl adjacent to an activating group) is 1. The lowest BCUT2D eigenvalue weighted by molar-refractivity contribution is 0.381. The summed E-state index contributed by atoms with van der Waals surface area (Å²) in [4.78, 5) is 14.3. The van der Waals surface area contributed by atoms with E-state index in [9.17, 15) is 4.79 Å². The number of aromatic nitrogens is 1. The van der Waals surface area contributed by atoms with Gasteiger partial charge >= 0.3 is 0 Å². The summed E-state index contributed by atoms with van der Waals surface area (Å²) in [6.07, 6.45) is 1.88. The van der Waals surface area contributed by atoms with Gasteiger partial charge < -0.3 is 9.47 Å². The molecule has 1 aromatic carbocycles. The molecule has 0 aliphatic carbocycles. The topological polar surface area (TPSA) is 25.2 Å². The van der Waals surface area contributed by atoms with E-state index in [0.717, 1.165) is 29.4 Å². The molecule has 0 radical (unpaired) electrons. The molecule has 3 heteroatoms. The minimum absolute atomic E-state index is 0.105. The van der Waals surface area contributed by atoms with Crippen LogP contribution in [-0.4, -0.2) is 30.1 Å². The van der Waals surface area contributed by atoms with Gasteiger partial charge in [0.05, 0.1) is 0 Å². The first kappa shape index (κ1) is 11.9. The Morgan fingerprint density at radius 1 is 1.24 bits per heavy atom. The molecule has 3 nitrogen and oxygen atoms in total. The molecule has 0 unspecified atom stereocenters. The lowest BCUT2D eigenvalue weighted by atomic mass is 10.1. The van der Waals surface area contributed by atoms with Gasteiger partial charge in [0.25, 0.3) is 5.56 Å². The van der Waals surface area contributed by atoms with Crippen LogP contribution in [0, 0.1) is 6.92 Å². The second-order valence-electron chi connectivity index (χ2n) is 4.71. The molecule has 0 amide bonds. The van der Waals surface area contributed by atoms with Gasteiger partial charge in [-0.05, 0) is 38.5 Å². The zero-order valence-corrected chi connectivity index (χ0v) is 10.6. The SMILES string of the molecule is Cc1ccc2ccn(CCN(C)C)c(=O)c2c1. The van der Waals surface area contributed by atoms with Crippen molar-refractivity contribution in [1.29, 1.82) is 0 Å². The first-order chi connectivity index (χ1) is 8.08. The zero-order valence-electron chi connectivity index (χ0n) is 10.6. The lowest BCUT2D eigenvalue weighted by Crippen LogP contribution is -2.26. The third-order valence-corrected chi connectivity index (χ3v) is 2.92. The van der Waals surface area contributed by atoms with Crippen molar-refractivity contribution in [2.45, 2.75) is 13.5 Å². The molecule has 0 aliphatic heterocycles. The molecule has 1 aromatic heterocycles. The van der Waals surface area contributed by atoms with Crippen LogP contribution in [0.2, 0.25) is 0 Å². The van der Waals surface area contributed by atoms with Crippen molar-refractivity contribution in [1.82, 2.24) is 9.47 Å². The Labute approximate surface area is 101 Å². The zero-order chi connectivity index (χ0) is 12.4. The third kappa shape index (κ3) is 2.56. The molecule has 17 heavy (non-hydrogen) atoms. The highest BCUT2D eigenvalue weighted by Crippen LogP contribution is 2.11. The molecule has 2 aromatic rings. The Morgan fingerprint density at radius 3 is 2.71 bits per heavy atom. The van der Waals surface area contributed by atoms with Crippen LogP contribution >= 0.6 is 0 Å². The fourth-order valence-corrected chi connectivity index (χ4v) is 1.88. The Balaban J connectivity index is 2.46. The maximum Gasteiger partial charge on any atom is 0.258 e. The van der Waals surface area contributed by atoms with Crippen molar-refractivity contribution in [3.8, 4) is 0 Å². The van der Waals surface area contributed by atoms with Gasteiger partial charge in [0.15, 0.2) is 0 Å². The Morgan fingerprint density at radius 2 is 2.00 bits per heavy atom. The van der Waals surface area contributed by atoms with E-state index in [0.29, 0.717) is 0 Å². The quantitative estimate of drug-likeness (QED) is 0.804. The number of rotatable bonds is 3. The molecule has 0 aliphatic rings. The number of fused-ring (bicyclic) bond motifs is 1. The summed E-state index contributed by atoms with van der Waals surface area (Å²) in [6.45, 7) is 3.61. The van der Waals surface area contributed by atoms with Crippen LogP contribution in [0.25, 0.3) is 10.8 Å². The average Bonchev–Trinajstić information content (AvgIpc) is 2.29. The fourth-order valence-electron chi connectivity index (χ4n) is 1.88. The highest BCUT2D eigenvalue weighted by molar-refractivity contribution is 5.81. The number of aryl methyl sites for hydroxylation is 1. The first-order valence-corrected chi connectivity index (χ1v) is 5.82. The molecule has 0 bridgehead atoms. The van der Waals surface area contributed by atoms with E-state index in [-0.39, 0.29) is 5.56 Å². The summed E-state index contributed by atoms with van der Waals surface area (Å²) in [5.41, 5.74) is 1.23. The Hall–Kier alpha value is -1.61. The second-order valence-corrected chi connectivity index (χ2v) is 4.71. The maximum absolute atomic E-state index is 12.2. The van der Waals surface area contributed by atoms with Crippen LogP contribution in [0.15, 0.2) is 35.3 Å². The van der Waals surface area contributed by atoms with Gasteiger partial charge in [-0.3, -0.25) is 4.79 Å². The van der Waals surface area contributed by atoms with Gasteiger partial charge in [0.2, 0.25) is 0 Å². The van der Waals surface area contributed by atoms with E-state index in [2.05, 4.69) is 4.90 Å². The molecule has 0 N–H and O–H groups in total. The molecular weight excluding hydrogens is 212 g/mol. The second kappa shape index (κ2) is 4.72. The molecular formula is C14H18N2O. The molecule has 0 spiro atoms. The van der Waals surface area contributed by atoms with Crippen molar-refractivity contribution >= 4 is 10.8 Å². The number of hydrogen-bond acceptors (Lipinski definition) is 2. The molecule has 2 rings (SSSR count). The molecule has 0 atom stereocenters. The van der Waals surface area contributed by atoms with Crippen LogP contribution in [0.4, 0.5) is 0 Å². The summed E-state index contributed by atoms with van der Waals surface area (Å²) in [6, 6.07) is 8.00. The Bertz CT molecular complexity index is 584. The predicted octanol–water partition coefficient (Wildman–Crippen LogP) is 1.87. The molecule has 90 valence electrons. The summed E-state index contributed by atoms with van der Waals surface area (Å²) >= 11 is 0. The van der Waals surface area contributed by atoms with Gasteiger partial charge in [0.1, 0.15) is 0 Å². The number of nitrogens with zero attached hydrogens (tertiary/aromatic N) is 2. The minimum atomic E-state index is 0.105. The lowest BCUT2D eigenvalue weighted by Gasteiger charge is -2.11. The fraction of sp³-hybridized carbons (Fsp3) is 0.357. The van der Waals surface area contributed by atoms with Crippen molar-refractivity contribution < 1.29 is 0 Å². The van der Waals surface area contributed by atoms with Crippen LogP contribution in [0.3, 0.4) is 0 Å². The largest absolute Gasteiger partial charge is 0.314 e. The van der Waals surface area contributed by atoms with E-state index >= 15 is 0 Å². The molecule has 0 fully saturated rings. The van der Waals surface area contributed by atoms with Gasteiger partial charge in [-0.2, -0.15) is 0 Å². The number of hydrogen-bond donors (Lipinski definition) is 0. The van der Waals surface area contributed by atoms with Gasteiger partial charge in [-0.1, -0.05) is 17.7 Å². The summed E-state index contributed by atoms with van der Waals surface area (Å²) in [5.74, 6) is 0. The van der Waals surface area contributed by atoms with Crippen LogP contribution in [-0.2, 0) is 6.54 Å². The Kier molecular flexibility index (Phi) is 3.29. The summed E-state index contributed by atoms with van der Waals surface area (Å²) < 4.78 is 1.78. The highest BCUT2D eigenvalue weighted by Gasteiger charge is 2.03. The first-order valence-electron chi connectivity index (χ1n) is 5.82. The normalized spacial score (nSPS) is 11.3. The van der Waals surface area contributed by atoms with Gasteiger partial charge in [0, 0.05) is 24.7 Å². The van der Waals surface area contributed by atoms with E-state index in [1.54, 1.807) is 4.57 Å². The number of benzene rings is 1. The van der Waals surface area contributed by atoms with Crippen LogP contribution < -0.4 is 5.56 Å². The minimum Gasteiger partial charge on any atom is -0.314 e. The van der Waals surface area contributed by atoms with Crippen molar-refractivity contribution in [3.63, 3.8) is 0 Å². The van der Waals surface area contributed by atoms with E-state index < -0.39 is 0 Å². The van der Waals surface area contributed by atoms with Crippen LogP contribution in [0.1, 0.15) is 5.56 Å². The average molecular weight is 230 g/mol. The van der Waals surface area contributed by atoms with Crippen molar-refractivity contribution in [2.75, 3.05) is 20.6 Å². The molecule has 1 heterocycles. The van der Waals surface area contributed by atoms with E-state index in [1.165, 1.54) is 0 Å². The summed E-state index contributed by atoms with van der Waals surface area (Å²) in [7, 11) is 4.02. The highest BCUT2D eigenvalue weighted by atomic mass is 16.1. The third-order valence-electron chi connectivity index (χ3n) is 2.92. The van der Waals surface area contributed by atoms with E-state index in [1.807, 2.05) is 51.5 Å². The molecule has 0 saturated carbocycles. The smallest absolute Gasteiger partial charge is 0.258 e. The standard InChI is InChI=1S/C14H18N2O/c1-11-4-5-12-6-7-16(9-8-15(2)3)14(17)13(12)10-11/h4-7,10H,8-9H2,1-3H3. The number of pyridine rings is 1. The monoisotopic (exact) mass is 230 g/mol. The van der Waals surface area contributed by atoms with Crippen LogP contribution in [0.5, 0.6) is 0 Å². The van der Waals surface area contributed by atoms with Gasteiger partial charge in [-0.15, -0.1) is 0 Å². The molecule has 0 saturated heterocycles. The predicted molar refractivity (Wildman–Crippen MR) is 71.5 cm³/mol. The summed E-state index contributed by atoms with van der Waals surface area (Å²) in [5, 5.41) is 1.83. The van der Waals surface area contributed by atoms with Crippen molar-refractivity contribution in [3.05, 3.63) is 46.4 Å². The van der Waals surface area contributed by atoms with E-state index in [4.69, 9.17) is 0 Å². The van der Waals surface area contributed by atoms with Crippen molar-refractivity contribution in [2.24, 2.45) is 0 Å². The maximum atomic E-state index is 12.2.